The molecule has 2 aromatic carbocycles. The van der Waals surface area contributed by atoms with Crippen LogP contribution < -0.4 is 15.4 Å². The number of aliphatic hydroxyl groups excluding tert-OH is 1. The Labute approximate surface area is 215 Å². The number of halogens is 2. The summed E-state index contributed by atoms with van der Waals surface area (Å²) in [6, 6.07) is 11.6. The van der Waals surface area contributed by atoms with E-state index in [4.69, 9.17) is 32.0 Å². The maximum atomic E-state index is 14.2. The highest BCUT2D eigenvalue weighted by Gasteiger charge is 2.22. The molecule has 0 spiro atoms. The van der Waals surface area contributed by atoms with Crippen LogP contribution in [0.2, 0.25) is 0 Å². The normalized spacial score (nSPS) is 15.7. The van der Waals surface area contributed by atoms with Gasteiger partial charge in [0.15, 0.2) is 0 Å². The minimum absolute atomic E-state index is 0.0415. The number of allylic oxidation sites excluding steroid dienone is 1. The second kappa shape index (κ2) is 13.2. The summed E-state index contributed by atoms with van der Waals surface area (Å²) in [5.41, 5.74) is 9.52. The van der Waals surface area contributed by atoms with Crippen LogP contribution in [0, 0.1) is 22.7 Å². The third kappa shape index (κ3) is 8.15. The molecule has 0 saturated heterocycles. The molecule has 0 heterocycles. The Hall–Kier alpha value is -3.27. The van der Waals surface area contributed by atoms with Gasteiger partial charge in [-0.25, -0.2) is 9.92 Å². The zero-order chi connectivity index (χ0) is 26.1. The van der Waals surface area contributed by atoms with Crippen molar-refractivity contribution in [3.8, 4) is 5.75 Å². The number of benzene rings is 2. The summed E-state index contributed by atoms with van der Waals surface area (Å²) in [6.45, 7) is 2.81. The lowest BCUT2D eigenvalue weighted by Crippen LogP contribution is -2.22. The highest BCUT2D eigenvalue weighted by molar-refractivity contribution is 6.67. The highest BCUT2D eigenvalue weighted by Crippen LogP contribution is 2.30. The molecule has 2 atom stereocenters. The van der Waals surface area contributed by atoms with Gasteiger partial charge in [0.2, 0.25) is 0 Å². The smallest absolute Gasteiger partial charge is 0.139 e. The van der Waals surface area contributed by atoms with Gasteiger partial charge in [0.25, 0.3) is 0 Å². The van der Waals surface area contributed by atoms with Crippen molar-refractivity contribution in [3.63, 3.8) is 0 Å². The van der Waals surface area contributed by atoms with Gasteiger partial charge in [0.05, 0.1) is 25.5 Å². The van der Waals surface area contributed by atoms with Crippen LogP contribution in [-0.2, 0) is 11.3 Å². The van der Waals surface area contributed by atoms with Gasteiger partial charge in [-0.2, -0.15) is 5.11 Å². The summed E-state index contributed by atoms with van der Waals surface area (Å²) in [5, 5.41) is 27.8. The lowest BCUT2D eigenvalue weighted by molar-refractivity contribution is 0.0528. The van der Waals surface area contributed by atoms with Crippen LogP contribution in [0.3, 0.4) is 0 Å². The van der Waals surface area contributed by atoms with E-state index in [0.29, 0.717) is 17.2 Å². The minimum atomic E-state index is -1.37. The minimum Gasteiger partial charge on any atom is -0.497 e. The first kappa shape index (κ1) is 27.3. The van der Waals surface area contributed by atoms with Crippen molar-refractivity contribution in [2.24, 2.45) is 11.0 Å². The van der Waals surface area contributed by atoms with Crippen molar-refractivity contribution in [2.45, 2.75) is 38.6 Å². The molecule has 192 valence electrons. The molecule has 36 heavy (non-hydrogen) atoms. The van der Waals surface area contributed by atoms with Crippen molar-refractivity contribution in [1.82, 2.24) is 5.32 Å². The number of methoxy groups -OCH3 is 1. The van der Waals surface area contributed by atoms with E-state index in [2.05, 4.69) is 15.7 Å². The standard InChI is InChI=1S/C26H31ClFN5O3/c1-16(36-15-18-5-8-20(35-2)9-6-18)21-11-19(28)7-10-22(21)32-23(12-25(27)29)26(34)24(33-30)14-31-13-17-3-4-17/h5-12,14,16-17,26,29-32,34H,3-4,13,15H2,1-2H3/b23-12-,24-14-,29-25?,33-30?/t16-,26?/m1/s1. The maximum Gasteiger partial charge on any atom is 0.139 e. The summed E-state index contributed by atoms with van der Waals surface area (Å²) in [6.07, 6.45) is 3.12. The number of nitrogens with one attached hydrogen (secondary N) is 4. The molecule has 8 nitrogen and oxygen atoms in total. The molecule has 1 saturated carbocycles. The van der Waals surface area contributed by atoms with Gasteiger partial charge in [-0.3, -0.25) is 5.41 Å². The van der Waals surface area contributed by atoms with Gasteiger partial charge in [-0.05, 0) is 67.7 Å². The van der Waals surface area contributed by atoms with Gasteiger partial charge in [-0.1, -0.05) is 23.7 Å². The van der Waals surface area contributed by atoms with Crippen molar-refractivity contribution in [3.05, 3.63) is 83.1 Å². The first-order chi connectivity index (χ1) is 17.3. The second-order valence-electron chi connectivity index (χ2n) is 8.54. The van der Waals surface area contributed by atoms with Gasteiger partial charge < -0.3 is 25.2 Å². The maximum absolute atomic E-state index is 14.2. The number of ether oxygens (including phenoxy) is 2. The van der Waals surface area contributed by atoms with E-state index >= 15 is 0 Å². The van der Waals surface area contributed by atoms with Crippen molar-refractivity contribution < 1.29 is 19.0 Å². The monoisotopic (exact) mass is 515 g/mol. The SMILES string of the molecule is COc1ccc(CO[C@H](C)c2cc(F)ccc2N/C(=C\C(=N)Cl)C(O)/C(=C/NCC2CC2)N=N)cc1. The first-order valence-corrected chi connectivity index (χ1v) is 11.9. The van der Waals surface area contributed by atoms with Crippen molar-refractivity contribution in [2.75, 3.05) is 19.0 Å². The Morgan fingerprint density at radius 2 is 2.00 bits per heavy atom. The molecule has 1 fully saturated rings. The fourth-order valence-corrected chi connectivity index (χ4v) is 3.59. The van der Waals surface area contributed by atoms with E-state index in [1.807, 2.05) is 24.3 Å². The predicted molar refractivity (Wildman–Crippen MR) is 138 cm³/mol. The Morgan fingerprint density at radius 1 is 1.28 bits per heavy atom. The molecule has 0 bridgehead atoms. The average Bonchev–Trinajstić information content (AvgIpc) is 3.70. The lowest BCUT2D eigenvalue weighted by atomic mass is 10.1. The Kier molecular flexibility index (Phi) is 9.98. The fourth-order valence-electron chi connectivity index (χ4n) is 3.48. The number of hydrogen-bond acceptors (Lipinski definition) is 8. The van der Waals surface area contributed by atoms with Gasteiger partial charge in [0, 0.05) is 24.0 Å². The summed E-state index contributed by atoms with van der Waals surface area (Å²) in [5.74, 6) is 0.884. The van der Waals surface area contributed by atoms with Crippen LogP contribution in [-0.4, -0.2) is 30.0 Å². The van der Waals surface area contributed by atoms with Crippen LogP contribution >= 0.6 is 11.6 Å². The summed E-state index contributed by atoms with van der Waals surface area (Å²) < 4.78 is 25.3. The molecule has 1 unspecified atom stereocenters. The number of hydrogen-bond donors (Lipinski definition) is 5. The number of aliphatic hydroxyl groups is 1. The average molecular weight is 516 g/mol. The third-order valence-corrected chi connectivity index (χ3v) is 5.84. The molecular formula is C26H31ClFN5O3. The Bertz CT molecular complexity index is 1120. The van der Waals surface area contributed by atoms with E-state index < -0.39 is 18.0 Å². The molecule has 0 aliphatic heterocycles. The molecule has 1 aliphatic rings. The number of rotatable bonds is 14. The highest BCUT2D eigenvalue weighted by atomic mass is 35.5. The van der Waals surface area contributed by atoms with E-state index in [1.165, 1.54) is 30.5 Å². The predicted octanol–water partition coefficient (Wildman–Crippen LogP) is 5.86. The van der Waals surface area contributed by atoms with E-state index in [0.717, 1.165) is 30.7 Å². The van der Waals surface area contributed by atoms with Crippen LogP contribution in [0.4, 0.5) is 10.1 Å². The van der Waals surface area contributed by atoms with Crippen LogP contribution in [0.5, 0.6) is 5.75 Å². The molecule has 5 N–H and O–H groups in total. The van der Waals surface area contributed by atoms with Crippen molar-refractivity contribution in [1.29, 1.82) is 10.9 Å². The molecule has 3 rings (SSSR count). The van der Waals surface area contributed by atoms with Crippen LogP contribution in [0.15, 0.2) is 71.2 Å². The molecule has 0 aromatic heterocycles. The Balaban J connectivity index is 1.78. The van der Waals surface area contributed by atoms with Gasteiger partial charge in [0.1, 0.15) is 28.5 Å². The number of anilines is 1. The lowest BCUT2D eigenvalue weighted by Gasteiger charge is -2.22. The van der Waals surface area contributed by atoms with Crippen molar-refractivity contribution >= 4 is 22.5 Å². The largest absolute Gasteiger partial charge is 0.497 e. The third-order valence-electron chi connectivity index (χ3n) is 5.73. The summed E-state index contributed by atoms with van der Waals surface area (Å²) >= 11 is 5.80. The Morgan fingerprint density at radius 3 is 2.61 bits per heavy atom. The van der Waals surface area contributed by atoms with E-state index in [1.54, 1.807) is 14.0 Å². The molecule has 10 heteroatoms. The quantitative estimate of drug-likeness (QED) is 0.159. The molecule has 1 aliphatic carbocycles. The molecular weight excluding hydrogens is 485 g/mol. The topological polar surface area (TPSA) is 123 Å². The summed E-state index contributed by atoms with van der Waals surface area (Å²) in [4.78, 5) is 0. The molecule has 0 amide bonds. The summed E-state index contributed by atoms with van der Waals surface area (Å²) in [7, 11) is 1.60. The zero-order valence-corrected chi connectivity index (χ0v) is 21.0. The van der Waals surface area contributed by atoms with Crippen LogP contribution in [0.25, 0.3) is 0 Å². The van der Waals surface area contributed by atoms with Gasteiger partial charge in [-0.15, -0.1) is 0 Å². The van der Waals surface area contributed by atoms with Gasteiger partial charge >= 0.3 is 0 Å². The molecule has 0 radical (unpaired) electrons. The zero-order valence-electron chi connectivity index (χ0n) is 20.2. The fraction of sp³-hybridized carbons (Fsp3) is 0.346. The number of nitrogens with zero attached hydrogens (tertiary/aromatic N) is 1. The molecule has 2 aromatic rings. The second-order valence-corrected chi connectivity index (χ2v) is 8.95. The van der Waals surface area contributed by atoms with E-state index in [-0.39, 0.29) is 23.2 Å². The first-order valence-electron chi connectivity index (χ1n) is 11.6. The van der Waals surface area contributed by atoms with E-state index in [9.17, 15) is 9.50 Å². The van der Waals surface area contributed by atoms with Crippen LogP contribution in [0.1, 0.15) is 37.0 Å².